The third-order valence-electron chi connectivity index (χ3n) is 3.18. The zero-order valence-electron chi connectivity index (χ0n) is 10.5. The van der Waals surface area contributed by atoms with E-state index in [9.17, 15) is 13.2 Å². The number of benzene rings is 2. The van der Waals surface area contributed by atoms with Gasteiger partial charge in [0, 0.05) is 10.8 Å². The molecular formula is C15H10F3NO. The largest absolute Gasteiger partial charge is 0.497 e. The lowest BCUT2D eigenvalue weighted by Gasteiger charge is -2.12. The molecule has 3 rings (SSSR count). The fourth-order valence-electron chi connectivity index (χ4n) is 2.28. The van der Waals surface area contributed by atoms with Crippen LogP contribution in [-0.4, -0.2) is 12.1 Å². The van der Waals surface area contributed by atoms with Gasteiger partial charge in [-0.1, -0.05) is 24.3 Å². The van der Waals surface area contributed by atoms with Gasteiger partial charge in [0.2, 0.25) is 0 Å². The van der Waals surface area contributed by atoms with Crippen LogP contribution in [0.15, 0.2) is 42.5 Å². The Morgan fingerprint density at radius 1 is 0.950 bits per heavy atom. The molecule has 2 aromatic carbocycles. The van der Waals surface area contributed by atoms with Crippen molar-refractivity contribution >= 4 is 21.7 Å². The van der Waals surface area contributed by atoms with Crippen LogP contribution in [0.25, 0.3) is 21.7 Å². The van der Waals surface area contributed by atoms with E-state index in [1.165, 1.54) is 19.2 Å². The zero-order chi connectivity index (χ0) is 14.3. The highest BCUT2D eigenvalue weighted by atomic mass is 19.4. The molecule has 0 saturated carbocycles. The van der Waals surface area contributed by atoms with Crippen LogP contribution in [0.3, 0.4) is 0 Å². The number of methoxy groups -OCH3 is 1. The summed E-state index contributed by atoms with van der Waals surface area (Å²) in [6, 6.07) is 11.2. The second-order valence-electron chi connectivity index (χ2n) is 4.39. The summed E-state index contributed by atoms with van der Waals surface area (Å²) < 4.78 is 44.4. The number of halogens is 3. The van der Waals surface area contributed by atoms with Gasteiger partial charge in [-0.25, -0.2) is 4.98 Å². The van der Waals surface area contributed by atoms with Crippen LogP contribution >= 0.6 is 0 Å². The predicted molar refractivity (Wildman–Crippen MR) is 70.8 cm³/mol. The molecule has 0 aliphatic rings. The Labute approximate surface area is 112 Å². The van der Waals surface area contributed by atoms with E-state index in [1.807, 2.05) is 0 Å². The fourth-order valence-corrected chi connectivity index (χ4v) is 2.28. The fraction of sp³-hybridized carbons (Fsp3) is 0.133. The van der Waals surface area contributed by atoms with Gasteiger partial charge in [0.1, 0.15) is 5.75 Å². The summed E-state index contributed by atoms with van der Waals surface area (Å²) in [5, 5.41) is 1.26. The lowest BCUT2D eigenvalue weighted by molar-refractivity contribution is -0.139. The normalized spacial score (nSPS) is 12.0. The lowest BCUT2D eigenvalue weighted by Crippen LogP contribution is -2.09. The molecule has 0 fully saturated rings. The SMILES string of the molecule is COc1ccc2nc(C(F)(F)F)c3ccccc3c2c1. The number of alkyl halides is 3. The zero-order valence-corrected chi connectivity index (χ0v) is 10.5. The van der Waals surface area contributed by atoms with Crippen molar-refractivity contribution in [3.63, 3.8) is 0 Å². The molecule has 1 heterocycles. The first-order chi connectivity index (χ1) is 9.50. The average Bonchev–Trinajstić information content (AvgIpc) is 2.44. The minimum Gasteiger partial charge on any atom is -0.497 e. The number of aromatic nitrogens is 1. The van der Waals surface area contributed by atoms with Crippen LogP contribution in [0.2, 0.25) is 0 Å². The summed E-state index contributed by atoms with van der Waals surface area (Å²) >= 11 is 0. The predicted octanol–water partition coefficient (Wildman–Crippen LogP) is 4.42. The summed E-state index contributed by atoms with van der Waals surface area (Å²) in [6.07, 6.45) is -4.48. The number of pyridine rings is 1. The Balaban J connectivity index is 2.48. The van der Waals surface area contributed by atoms with Crippen molar-refractivity contribution in [2.45, 2.75) is 6.18 Å². The van der Waals surface area contributed by atoms with Crippen LogP contribution in [0.4, 0.5) is 13.2 Å². The Hall–Kier alpha value is -2.30. The molecular weight excluding hydrogens is 267 g/mol. The van der Waals surface area contributed by atoms with Crippen molar-refractivity contribution in [3.05, 3.63) is 48.2 Å². The van der Waals surface area contributed by atoms with Gasteiger partial charge in [-0.15, -0.1) is 0 Å². The van der Waals surface area contributed by atoms with Gasteiger partial charge in [0.15, 0.2) is 5.69 Å². The Kier molecular flexibility index (Phi) is 2.78. The van der Waals surface area contributed by atoms with Crippen molar-refractivity contribution in [1.29, 1.82) is 0 Å². The smallest absolute Gasteiger partial charge is 0.433 e. The van der Waals surface area contributed by atoms with E-state index in [-0.39, 0.29) is 5.39 Å². The van der Waals surface area contributed by atoms with E-state index >= 15 is 0 Å². The van der Waals surface area contributed by atoms with Crippen molar-refractivity contribution in [1.82, 2.24) is 4.98 Å². The van der Waals surface area contributed by atoms with E-state index < -0.39 is 11.9 Å². The van der Waals surface area contributed by atoms with E-state index in [1.54, 1.807) is 30.3 Å². The third kappa shape index (κ3) is 1.95. The molecule has 0 saturated heterocycles. The van der Waals surface area contributed by atoms with Gasteiger partial charge < -0.3 is 4.74 Å². The molecule has 5 heteroatoms. The lowest BCUT2D eigenvalue weighted by atomic mass is 10.0. The van der Waals surface area contributed by atoms with E-state index in [4.69, 9.17) is 4.74 Å². The molecule has 2 nitrogen and oxygen atoms in total. The number of hydrogen-bond donors (Lipinski definition) is 0. The van der Waals surface area contributed by atoms with Crippen molar-refractivity contribution in [2.24, 2.45) is 0 Å². The van der Waals surface area contributed by atoms with Crippen molar-refractivity contribution < 1.29 is 17.9 Å². The van der Waals surface area contributed by atoms with Crippen molar-refractivity contribution in [2.75, 3.05) is 7.11 Å². The first kappa shape index (κ1) is 12.7. The number of fused-ring (bicyclic) bond motifs is 3. The number of nitrogens with zero attached hydrogens (tertiary/aromatic N) is 1. The maximum absolute atomic E-state index is 13.1. The maximum Gasteiger partial charge on any atom is 0.433 e. The van der Waals surface area contributed by atoms with Crippen LogP contribution < -0.4 is 4.74 Å². The van der Waals surface area contributed by atoms with Gasteiger partial charge in [-0.05, 0) is 23.6 Å². The van der Waals surface area contributed by atoms with Crippen LogP contribution in [-0.2, 0) is 6.18 Å². The minimum atomic E-state index is -4.48. The molecule has 3 aromatic rings. The second kappa shape index (κ2) is 4.37. The molecule has 1 aromatic heterocycles. The molecule has 0 atom stereocenters. The number of ether oxygens (including phenoxy) is 1. The Morgan fingerprint density at radius 3 is 2.30 bits per heavy atom. The second-order valence-corrected chi connectivity index (χ2v) is 4.39. The Morgan fingerprint density at radius 2 is 1.65 bits per heavy atom. The maximum atomic E-state index is 13.1. The van der Waals surface area contributed by atoms with Gasteiger partial charge >= 0.3 is 6.18 Å². The molecule has 0 amide bonds. The third-order valence-corrected chi connectivity index (χ3v) is 3.18. The molecule has 102 valence electrons. The molecule has 0 N–H and O–H groups in total. The molecule has 0 radical (unpaired) electrons. The monoisotopic (exact) mass is 277 g/mol. The summed E-state index contributed by atoms with van der Waals surface area (Å²) in [7, 11) is 1.51. The highest BCUT2D eigenvalue weighted by molar-refractivity contribution is 6.07. The van der Waals surface area contributed by atoms with Gasteiger partial charge in [-0.2, -0.15) is 13.2 Å². The molecule has 0 unspecified atom stereocenters. The van der Waals surface area contributed by atoms with E-state index in [2.05, 4.69) is 4.98 Å². The Bertz CT molecular complexity index is 796. The minimum absolute atomic E-state index is 0.0979. The van der Waals surface area contributed by atoms with Crippen LogP contribution in [0, 0.1) is 0 Å². The molecule has 20 heavy (non-hydrogen) atoms. The van der Waals surface area contributed by atoms with Gasteiger partial charge in [0.05, 0.1) is 12.6 Å². The van der Waals surface area contributed by atoms with Gasteiger partial charge in [0.25, 0.3) is 0 Å². The first-order valence-corrected chi connectivity index (χ1v) is 5.94. The molecule has 0 bridgehead atoms. The van der Waals surface area contributed by atoms with Gasteiger partial charge in [-0.3, -0.25) is 0 Å². The average molecular weight is 277 g/mol. The topological polar surface area (TPSA) is 22.1 Å². The standard InChI is InChI=1S/C15H10F3NO/c1-20-9-6-7-13-12(8-9)10-4-2-3-5-11(10)14(19-13)15(16,17)18/h2-8H,1H3. The summed E-state index contributed by atoms with van der Waals surface area (Å²) in [5.74, 6) is 0.587. The summed E-state index contributed by atoms with van der Waals surface area (Å²) in [5.41, 5.74) is -0.553. The van der Waals surface area contributed by atoms with Crippen molar-refractivity contribution in [3.8, 4) is 5.75 Å². The molecule has 0 spiro atoms. The van der Waals surface area contributed by atoms with E-state index in [0.717, 1.165) is 0 Å². The van der Waals surface area contributed by atoms with Crippen LogP contribution in [0.5, 0.6) is 5.75 Å². The summed E-state index contributed by atoms with van der Waals surface area (Å²) in [4.78, 5) is 3.77. The first-order valence-electron chi connectivity index (χ1n) is 5.94. The van der Waals surface area contributed by atoms with Crippen LogP contribution in [0.1, 0.15) is 5.69 Å². The highest BCUT2D eigenvalue weighted by Crippen LogP contribution is 2.37. The highest BCUT2D eigenvalue weighted by Gasteiger charge is 2.35. The summed E-state index contributed by atoms with van der Waals surface area (Å²) in [6.45, 7) is 0. The quantitative estimate of drug-likeness (QED) is 0.614. The number of hydrogen-bond acceptors (Lipinski definition) is 2. The molecule has 0 aliphatic heterocycles. The van der Waals surface area contributed by atoms with E-state index in [0.29, 0.717) is 22.0 Å². The number of rotatable bonds is 1. The molecule has 0 aliphatic carbocycles.